The number of rotatable bonds is 3. The average molecular weight is 141 g/mol. The van der Waals surface area contributed by atoms with Crippen LogP contribution in [0.25, 0.3) is 0 Å². The van der Waals surface area contributed by atoms with Crippen LogP contribution in [0, 0.1) is 5.41 Å². The summed E-state index contributed by atoms with van der Waals surface area (Å²) in [6.07, 6.45) is 4.32. The van der Waals surface area contributed by atoms with E-state index >= 15 is 0 Å². The number of carbonyl (C=O) groups is 1. The highest BCUT2D eigenvalue weighted by molar-refractivity contribution is 5.60. The second-order valence-electron chi connectivity index (χ2n) is 3.16. The molecule has 0 aliphatic carbocycles. The van der Waals surface area contributed by atoms with Crippen LogP contribution in [0.2, 0.25) is 0 Å². The zero-order valence-corrected chi connectivity index (χ0v) is 6.52. The van der Waals surface area contributed by atoms with Gasteiger partial charge in [-0.15, -0.1) is 0 Å². The quantitative estimate of drug-likeness (QED) is 0.593. The lowest BCUT2D eigenvalue weighted by molar-refractivity contribution is -0.115. The second kappa shape index (κ2) is 3.15. The van der Waals surface area contributed by atoms with Gasteiger partial charge in [0.15, 0.2) is 0 Å². The average Bonchev–Trinajstić information content (AvgIpc) is 2.39. The molecule has 2 nitrogen and oxygen atoms in total. The molecule has 1 fully saturated rings. The lowest BCUT2D eigenvalue weighted by atomic mass is 9.84. The van der Waals surface area contributed by atoms with E-state index in [4.69, 9.17) is 0 Å². The van der Waals surface area contributed by atoms with E-state index in [9.17, 15) is 4.79 Å². The van der Waals surface area contributed by atoms with Crippen molar-refractivity contribution in [2.45, 2.75) is 26.2 Å². The Hall–Kier alpha value is -0.370. The van der Waals surface area contributed by atoms with Gasteiger partial charge in [0.2, 0.25) is 0 Å². The Kier molecular flexibility index (Phi) is 2.44. The normalized spacial score (nSPS) is 32.5. The lowest BCUT2D eigenvalue weighted by Crippen LogP contribution is -2.25. The number of hydrogen-bond acceptors (Lipinski definition) is 2. The summed E-state index contributed by atoms with van der Waals surface area (Å²) in [5, 5.41) is 3.22. The molecule has 1 unspecified atom stereocenters. The molecule has 2 heteroatoms. The standard InChI is InChI=1S/C8H15NO/c1-2-3-8(7-10)4-5-9-6-8/h7,9H,2-6H2,1H3. The minimum atomic E-state index is -0.00521. The SMILES string of the molecule is CCCC1(C=O)CCNC1. The van der Waals surface area contributed by atoms with Crippen molar-refractivity contribution in [3.8, 4) is 0 Å². The highest BCUT2D eigenvalue weighted by atomic mass is 16.1. The van der Waals surface area contributed by atoms with Gasteiger partial charge in [-0.2, -0.15) is 0 Å². The molecular weight excluding hydrogens is 126 g/mol. The molecule has 0 bridgehead atoms. The zero-order valence-electron chi connectivity index (χ0n) is 6.52. The monoisotopic (exact) mass is 141 g/mol. The van der Waals surface area contributed by atoms with Crippen molar-refractivity contribution in [3.63, 3.8) is 0 Å². The molecule has 0 saturated carbocycles. The van der Waals surface area contributed by atoms with E-state index in [1.165, 1.54) is 0 Å². The molecule has 1 N–H and O–H groups in total. The number of carbonyl (C=O) groups excluding carboxylic acids is 1. The van der Waals surface area contributed by atoms with Gasteiger partial charge in [0.25, 0.3) is 0 Å². The first kappa shape index (κ1) is 7.73. The number of nitrogens with one attached hydrogen (secondary N) is 1. The predicted molar refractivity (Wildman–Crippen MR) is 40.9 cm³/mol. The first-order valence-corrected chi connectivity index (χ1v) is 4.00. The molecule has 0 aromatic rings. The largest absolute Gasteiger partial charge is 0.316 e. The maximum Gasteiger partial charge on any atom is 0.127 e. The van der Waals surface area contributed by atoms with Crippen LogP contribution < -0.4 is 5.32 Å². The van der Waals surface area contributed by atoms with Gasteiger partial charge in [-0.1, -0.05) is 13.3 Å². The molecule has 1 saturated heterocycles. The van der Waals surface area contributed by atoms with Gasteiger partial charge in [-0.25, -0.2) is 0 Å². The fourth-order valence-electron chi connectivity index (χ4n) is 1.63. The first-order chi connectivity index (χ1) is 4.83. The summed E-state index contributed by atoms with van der Waals surface area (Å²) >= 11 is 0. The van der Waals surface area contributed by atoms with Gasteiger partial charge in [0.05, 0.1) is 0 Å². The van der Waals surface area contributed by atoms with Gasteiger partial charge in [-0.3, -0.25) is 0 Å². The maximum atomic E-state index is 10.7. The fraction of sp³-hybridized carbons (Fsp3) is 0.875. The van der Waals surface area contributed by atoms with E-state index in [1.54, 1.807) is 0 Å². The maximum absolute atomic E-state index is 10.7. The molecule has 10 heavy (non-hydrogen) atoms. The third-order valence-corrected chi connectivity index (χ3v) is 2.27. The molecule has 1 aliphatic rings. The molecule has 0 aromatic heterocycles. The lowest BCUT2D eigenvalue weighted by Gasteiger charge is -2.18. The summed E-state index contributed by atoms with van der Waals surface area (Å²) in [5.74, 6) is 0. The predicted octanol–water partition coefficient (Wildman–Crippen LogP) is 0.965. The van der Waals surface area contributed by atoms with Crippen LogP contribution >= 0.6 is 0 Å². The van der Waals surface area contributed by atoms with Crippen molar-refractivity contribution in [2.75, 3.05) is 13.1 Å². The van der Waals surface area contributed by atoms with Gasteiger partial charge in [-0.05, 0) is 19.4 Å². The molecule has 1 aliphatic heterocycles. The summed E-state index contributed by atoms with van der Waals surface area (Å²) in [5.41, 5.74) is -0.00521. The Morgan fingerprint density at radius 2 is 2.50 bits per heavy atom. The Labute approximate surface area is 62.0 Å². The molecule has 58 valence electrons. The smallest absolute Gasteiger partial charge is 0.127 e. The van der Waals surface area contributed by atoms with Crippen LogP contribution in [0.4, 0.5) is 0 Å². The molecule has 0 spiro atoms. The molecule has 1 heterocycles. The van der Waals surface area contributed by atoms with Gasteiger partial charge >= 0.3 is 0 Å². The molecule has 1 atom stereocenters. The minimum absolute atomic E-state index is 0.00521. The van der Waals surface area contributed by atoms with E-state index in [0.29, 0.717) is 0 Å². The van der Waals surface area contributed by atoms with Crippen molar-refractivity contribution in [2.24, 2.45) is 5.41 Å². The summed E-state index contributed by atoms with van der Waals surface area (Å²) < 4.78 is 0. The zero-order chi connectivity index (χ0) is 7.45. The summed E-state index contributed by atoms with van der Waals surface area (Å²) in [7, 11) is 0. The summed E-state index contributed by atoms with van der Waals surface area (Å²) in [6.45, 7) is 4.03. The van der Waals surface area contributed by atoms with Crippen molar-refractivity contribution in [3.05, 3.63) is 0 Å². The van der Waals surface area contributed by atoms with E-state index in [-0.39, 0.29) is 5.41 Å². The third kappa shape index (κ3) is 1.37. The number of hydrogen-bond donors (Lipinski definition) is 1. The van der Waals surface area contributed by atoms with Crippen molar-refractivity contribution < 1.29 is 4.79 Å². The van der Waals surface area contributed by atoms with E-state index < -0.39 is 0 Å². The first-order valence-electron chi connectivity index (χ1n) is 4.00. The van der Waals surface area contributed by atoms with Crippen molar-refractivity contribution in [1.82, 2.24) is 5.32 Å². The van der Waals surface area contributed by atoms with Crippen molar-refractivity contribution >= 4 is 6.29 Å². The van der Waals surface area contributed by atoms with E-state index in [1.807, 2.05) is 0 Å². The van der Waals surface area contributed by atoms with Crippen LogP contribution in [0.5, 0.6) is 0 Å². The summed E-state index contributed by atoms with van der Waals surface area (Å²) in [4.78, 5) is 10.7. The van der Waals surface area contributed by atoms with Crippen molar-refractivity contribution in [1.29, 1.82) is 0 Å². The Morgan fingerprint density at radius 3 is 2.90 bits per heavy atom. The Balaban J connectivity index is 2.49. The molecule has 1 rings (SSSR count). The van der Waals surface area contributed by atoms with Crippen LogP contribution in [0.1, 0.15) is 26.2 Å². The highest BCUT2D eigenvalue weighted by Crippen LogP contribution is 2.27. The van der Waals surface area contributed by atoms with Gasteiger partial charge < -0.3 is 10.1 Å². The second-order valence-corrected chi connectivity index (χ2v) is 3.16. The minimum Gasteiger partial charge on any atom is -0.316 e. The highest BCUT2D eigenvalue weighted by Gasteiger charge is 2.31. The van der Waals surface area contributed by atoms with Crippen LogP contribution in [0.15, 0.2) is 0 Å². The van der Waals surface area contributed by atoms with Gasteiger partial charge in [0, 0.05) is 12.0 Å². The molecule has 0 radical (unpaired) electrons. The fourth-order valence-corrected chi connectivity index (χ4v) is 1.63. The van der Waals surface area contributed by atoms with E-state index in [0.717, 1.165) is 38.6 Å². The van der Waals surface area contributed by atoms with Gasteiger partial charge in [0.1, 0.15) is 6.29 Å². The Bertz CT molecular complexity index is 116. The number of aldehydes is 1. The molecule has 0 amide bonds. The third-order valence-electron chi connectivity index (χ3n) is 2.27. The van der Waals surface area contributed by atoms with Crippen LogP contribution in [-0.2, 0) is 4.79 Å². The van der Waals surface area contributed by atoms with E-state index in [2.05, 4.69) is 12.2 Å². The van der Waals surface area contributed by atoms with Crippen LogP contribution in [0.3, 0.4) is 0 Å². The topological polar surface area (TPSA) is 29.1 Å². The molecule has 0 aromatic carbocycles. The molecular formula is C8H15NO. The Morgan fingerprint density at radius 1 is 1.70 bits per heavy atom. The summed E-state index contributed by atoms with van der Waals surface area (Å²) in [6, 6.07) is 0. The van der Waals surface area contributed by atoms with Crippen LogP contribution in [-0.4, -0.2) is 19.4 Å².